The van der Waals surface area contributed by atoms with Gasteiger partial charge >= 0.3 is 5.97 Å². The third-order valence-corrected chi connectivity index (χ3v) is 3.25. The molecule has 0 aliphatic carbocycles. The molecule has 20 heavy (non-hydrogen) atoms. The lowest BCUT2D eigenvalue weighted by atomic mass is 9.84. The Morgan fingerprint density at radius 2 is 1.35 bits per heavy atom. The van der Waals surface area contributed by atoms with Crippen LogP contribution in [0.1, 0.15) is 0 Å². The molecule has 0 bridgehead atoms. The molecule has 0 saturated heterocycles. The van der Waals surface area contributed by atoms with Gasteiger partial charge in [0.1, 0.15) is 0 Å². The zero-order valence-electron chi connectivity index (χ0n) is 11.0. The number of aliphatic hydroxyl groups is 6. The maximum Gasteiger partial charge on any atom is 0.333 e. The van der Waals surface area contributed by atoms with Crippen LogP contribution in [0.3, 0.4) is 0 Å². The molecule has 0 saturated carbocycles. The van der Waals surface area contributed by atoms with E-state index in [-0.39, 0.29) is 6.61 Å². The second-order valence-electron chi connectivity index (χ2n) is 4.89. The molecule has 1 atom stereocenters. The van der Waals surface area contributed by atoms with Crippen LogP contribution < -0.4 is 0 Å². The quantitative estimate of drug-likeness (QED) is 0.203. The van der Waals surface area contributed by atoms with Crippen LogP contribution in [0, 0.1) is 10.8 Å². The number of rotatable bonds is 11. The Balaban J connectivity index is 4.75. The monoisotopic (exact) mass is 298 g/mol. The summed E-state index contributed by atoms with van der Waals surface area (Å²) in [6.45, 7) is -4.30. The first-order valence-corrected chi connectivity index (χ1v) is 5.90. The van der Waals surface area contributed by atoms with E-state index in [1.165, 1.54) is 0 Å². The lowest BCUT2D eigenvalue weighted by molar-refractivity contribution is -0.170. The van der Waals surface area contributed by atoms with Crippen LogP contribution in [0.15, 0.2) is 0 Å². The van der Waals surface area contributed by atoms with Gasteiger partial charge in [0, 0.05) is 0 Å². The predicted octanol–water partition coefficient (Wildman–Crippen LogP) is -3.62. The maximum atomic E-state index is 10.7. The van der Waals surface area contributed by atoms with Crippen LogP contribution in [0.4, 0.5) is 0 Å². The molecule has 9 nitrogen and oxygen atoms in total. The molecule has 0 aromatic rings. The van der Waals surface area contributed by atoms with Gasteiger partial charge in [-0.3, -0.25) is 0 Å². The standard InChI is InChI=1S/C11H22O9/c12-1-10(2-13,3-14)6-20-7-11(4-15,5-16)8(17)9(18)19/h8,12-17H,1-7H2,(H,18,19). The van der Waals surface area contributed by atoms with Gasteiger partial charge in [-0.2, -0.15) is 0 Å². The Kier molecular flexibility index (Phi) is 8.13. The molecule has 0 fully saturated rings. The molecule has 0 rings (SSSR count). The third kappa shape index (κ3) is 4.35. The minimum Gasteiger partial charge on any atom is -0.479 e. The summed E-state index contributed by atoms with van der Waals surface area (Å²) < 4.78 is 5.07. The summed E-state index contributed by atoms with van der Waals surface area (Å²) in [7, 11) is 0. The minimum absolute atomic E-state index is 0.343. The fraction of sp³-hybridized carbons (Fsp3) is 0.909. The number of carboxylic acid groups (broad SMARTS) is 1. The summed E-state index contributed by atoms with van der Waals surface area (Å²) >= 11 is 0. The summed E-state index contributed by atoms with van der Waals surface area (Å²) in [5.41, 5.74) is -3.15. The molecule has 0 aromatic heterocycles. The van der Waals surface area contributed by atoms with Crippen molar-refractivity contribution in [2.75, 3.05) is 46.2 Å². The first-order chi connectivity index (χ1) is 9.36. The average Bonchev–Trinajstić information content (AvgIpc) is 2.48. The second-order valence-corrected chi connectivity index (χ2v) is 4.89. The van der Waals surface area contributed by atoms with E-state index in [0.29, 0.717) is 0 Å². The molecule has 0 radical (unpaired) electrons. The first-order valence-electron chi connectivity index (χ1n) is 5.90. The minimum atomic E-state index is -2.05. The van der Waals surface area contributed by atoms with Crippen LogP contribution in [0.25, 0.3) is 0 Å². The van der Waals surface area contributed by atoms with Crippen molar-refractivity contribution in [3.8, 4) is 0 Å². The van der Waals surface area contributed by atoms with Gasteiger partial charge in [0.05, 0.1) is 57.1 Å². The highest BCUT2D eigenvalue weighted by atomic mass is 16.5. The lowest BCUT2D eigenvalue weighted by Crippen LogP contribution is -2.50. The average molecular weight is 298 g/mol. The van der Waals surface area contributed by atoms with Crippen LogP contribution in [0.5, 0.6) is 0 Å². The molecular weight excluding hydrogens is 276 g/mol. The molecule has 0 amide bonds. The molecule has 7 N–H and O–H groups in total. The number of hydrogen-bond donors (Lipinski definition) is 7. The molecule has 9 heteroatoms. The van der Waals surface area contributed by atoms with Crippen molar-refractivity contribution in [2.45, 2.75) is 6.10 Å². The van der Waals surface area contributed by atoms with Crippen molar-refractivity contribution in [1.29, 1.82) is 0 Å². The predicted molar refractivity (Wildman–Crippen MR) is 64.8 cm³/mol. The van der Waals surface area contributed by atoms with E-state index in [9.17, 15) is 20.1 Å². The van der Waals surface area contributed by atoms with E-state index in [4.69, 9.17) is 25.2 Å². The molecule has 0 aromatic carbocycles. The fourth-order valence-corrected chi connectivity index (χ4v) is 1.41. The number of aliphatic carboxylic acids is 1. The van der Waals surface area contributed by atoms with E-state index in [0.717, 1.165) is 0 Å². The SMILES string of the molecule is O=C(O)C(O)C(CO)(CO)COCC(CO)(CO)CO. The number of hydrogen-bond acceptors (Lipinski definition) is 8. The van der Waals surface area contributed by atoms with Crippen molar-refractivity contribution in [3.63, 3.8) is 0 Å². The summed E-state index contributed by atoms with van der Waals surface area (Å²) in [5.74, 6) is -1.63. The molecule has 0 heterocycles. The van der Waals surface area contributed by atoms with Crippen molar-refractivity contribution < 1.29 is 45.3 Å². The smallest absolute Gasteiger partial charge is 0.333 e. The molecule has 1 unspecified atom stereocenters. The second kappa shape index (κ2) is 8.47. The van der Waals surface area contributed by atoms with Gasteiger partial charge in [-0.05, 0) is 0 Å². The van der Waals surface area contributed by atoms with Crippen molar-refractivity contribution in [1.82, 2.24) is 0 Å². The Bertz CT molecular complexity index is 277. The number of carboxylic acids is 1. The van der Waals surface area contributed by atoms with E-state index in [1.54, 1.807) is 0 Å². The van der Waals surface area contributed by atoms with Crippen molar-refractivity contribution in [3.05, 3.63) is 0 Å². The fourth-order valence-electron chi connectivity index (χ4n) is 1.41. The van der Waals surface area contributed by atoms with E-state index in [2.05, 4.69) is 0 Å². The first kappa shape index (κ1) is 19.2. The molecule has 0 spiro atoms. The largest absolute Gasteiger partial charge is 0.479 e. The molecule has 0 aliphatic rings. The number of ether oxygens (including phenoxy) is 1. The van der Waals surface area contributed by atoms with E-state index < -0.39 is 62.5 Å². The van der Waals surface area contributed by atoms with Gasteiger partial charge in [-0.15, -0.1) is 0 Å². The Labute approximate surface area is 115 Å². The van der Waals surface area contributed by atoms with Crippen LogP contribution in [-0.2, 0) is 9.53 Å². The topological polar surface area (TPSA) is 168 Å². The zero-order chi connectivity index (χ0) is 15.8. The lowest BCUT2D eigenvalue weighted by Gasteiger charge is -2.34. The Morgan fingerprint density at radius 1 is 0.900 bits per heavy atom. The maximum absolute atomic E-state index is 10.7. The van der Waals surface area contributed by atoms with Gasteiger partial charge in [0.25, 0.3) is 0 Å². The molecule has 120 valence electrons. The van der Waals surface area contributed by atoms with Crippen molar-refractivity contribution in [2.24, 2.45) is 10.8 Å². The van der Waals surface area contributed by atoms with Crippen LogP contribution in [-0.4, -0.2) is 94.1 Å². The summed E-state index contributed by atoms with van der Waals surface area (Å²) in [5, 5.41) is 63.8. The van der Waals surface area contributed by atoms with Gasteiger partial charge in [0.15, 0.2) is 6.10 Å². The zero-order valence-corrected chi connectivity index (χ0v) is 11.0. The van der Waals surface area contributed by atoms with Gasteiger partial charge in [0.2, 0.25) is 0 Å². The highest BCUT2D eigenvalue weighted by Gasteiger charge is 2.42. The summed E-state index contributed by atoms with van der Waals surface area (Å²) in [4.78, 5) is 10.7. The normalized spacial score (nSPS) is 14.3. The molecular formula is C11H22O9. The van der Waals surface area contributed by atoms with Gasteiger partial charge in [-0.25, -0.2) is 4.79 Å². The van der Waals surface area contributed by atoms with E-state index in [1.807, 2.05) is 0 Å². The van der Waals surface area contributed by atoms with Crippen molar-refractivity contribution >= 4 is 5.97 Å². The Hall–Kier alpha value is -0.810. The van der Waals surface area contributed by atoms with E-state index >= 15 is 0 Å². The third-order valence-electron chi connectivity index (χ3n) is 3.25. The summed E-state index contributed by atoms with van der Waals surface area (Å²) in [6.07, 6.45) is -2.05. The van der Waals surface area contributed by atoms with Crippen LogP contribution in [0.2, 0.25) is 0 Å². The van der Waals surface area contributed by atoms with Crippen LogP contribution >= 0.6 is 0 Å². The highest BCUT2D eigenvalue weighted by Crippen LogP contribution is 2.24. The number of aliphatic hydroxyl groups excluding tert-OH is 6. The Morgan fingerprint density at radius 3 is 1.65 bits per heavy atom. The van der Waals surface area contributed by atoms with Gasteiger partial charge in [-0.1, -0.05) is 0 Å². The number of carbonyl (C=O) groups is 1. The highest BCUT2D eigenvalue weighted by molar-refractivity contribution is 5.73. The molecule has 0 aliphatic heterocycles. The summed E-state index contributed by atoms with van der Waals surface area (Å²) in [6, 6.07) is 0. The van der Waals surface area contributed by atoms with Gasteiger partial charge < -0.3 is 40.5 Å².